The molecule has 3 heterocycles. The maximum absolute atomic E-state index is 13.3. The van der Waals surface area contributed by atoms with Crippen LogP contribution in [-0.4, -0.2) is 25.9 Å². The highest BCUT2D eigenvalue weighted by molar-refractivity contribution is 7.99. The monoisotopic (exact) mass is 393 g/mol. The second-order valence-electron chi connectivity index (χ2n) is 7.56. The highest BCUT2D eigenvalue weighted by Crippen LogP contribution is 2.28. The van der Waals surface area contributed by atoms with Gasteiger partial charge in [-0.3, -0.25) is 9.36 Å². The summed E-state index contributed by atoms with van der Waals surface area (Å²) in [6.07, 6.45) is 2.58. The minimum Gasteiger partial charge on any atom is -0.369 e. The molecule has 6 heteroatoms. The molecule has 3 aromatic rings. The van der Waals surface area contributed by atoms with Gasteiger partial charge in [0.1, 0.15) is 0 Å². The van der Waals surface area contributed by atoms with Gasteiger partial charge in [-0.15, -0.1) is 6.58 Å². The van der Waals surface area contributed by atoms with Crippen LogP contribution in [0.2, 0.25) is 0 Å². The fraction of sp³-hybridized carbons (Fsp3) is 0.318. The Morgan fingerprint density at radius 1 is 1.29 bits per heavy atom. The summed E-state index contributed by atoms with van der Waals surface area (Å²) in [5.41, 5.74) is 3.70. The van der Waals surface area contributed by atoms with Crippen LogP contribution in [0.25, 0.3) is 11.0 Å². The number of hydrogen-bond donors (Lipinski definition) is 0. The van der Waals surface area contributed by atoms with Crippen LogP contribution in [0, 0.1) is 0 Å². The van der Waals surface area contributed by atoms with Crippen molar-refractivity contribution < 1.29 is 4.74 Å². The van der Waals surface area contributed by atoms with Crippen molar-refractivity contribution >= 4 is 22.8 Å². The topological polar surface area (TPSA) is 57.0 Å². The zero-order valence-electron chi connectivity index (χ0n) is 16.1. The third-order valence-corrected chi connectivity index (χ3v) is 5.77. The van der Waals surface area contributed by atoms with Crippen LogP contribution in [0.5, 0.6) is 0 Å². The molecular formula is C22H23N3O2S. The molecule has 0 atom stereocenters. The van der Waals surface area contributed by atoms with Crippen LogP contribution in [0.15, 0.2) is 59.0 Å². The molecule has 0 spiro atoms. The Bertz CT molecular complexity index is 1090. The predicted octanol–water partition coefficient (Wildman–Crippen LogP) is 3.97. The molecule has 2 aromatic heterocycles. The van der Waals surface area contributed by atoms with Gasteiger partial charge >= 0.3 is 0 Å². The molecule has 28 heavy (non-hydrogen) atoms. The third-order valence-electron chi connectivity index (χ3n) is 4.80. The van der Waals surface area contributed by atoms with E-state index in [0.29, 0.717) is 35.1 Å². The standard InChI is InChI=1S/C22H23N3O2S/c1-4-10-28-21-24-17-11-16-12-22(2,3)27-14-18(16)23-19(17)20(26)25(21)13-15-8-6-5-7-9-15/h4-9,11H,1,10,12-14H2,2-3H3. The molecule has 0 bridgehead atoms. The molecular weight excluding hydrogens is 370 g/mol. The first kappa shape index (κ1) is 18.9. The van der Waals surface area contributed by atoms with Gasteiger partial charge in [-0.05, 0) is 31.0 Å². The normalized spacial score (nSPS) is 15.4. The van der Waals surface area contributed by atoms with Crippen LogP contribution in [0.3, 0.4) is 0 Å². The molecule has 0 fully saturated rings. The van der Waals surface area contributed by atoms with Crippen LogP contribution < -0.4 is 5.56 Å². The lowest BCUT2D eigenvalue weighted by Crippen LogP contribution is -2.33. The average Bonchev–Trinajstić information content (AvgIpc) is 2.68. The van der Waals surface area contributed by atoms with Gasteiger partial charge in [-0.2, -0.15) is 0 Å². The molecule has 144 valence electrons. The molecule has 1 aliphatic heterocycles. The first-order chi connectivity index (χ1) is 13.5. The lowest BCUT2D eigenvalue weighted by atomic mass is 9.94. The molecule has 0 aliphatic carbocycles. The van der Waals surface area contributed by atoms with Crippen LogP contribution >= 0.6 is 11.8 Å². The van der Waals surface area contributed by atoms with E-state index < -0.39 is 0 Å². The minimum atomic E-state index is -0.231. The summed E-state index contributed by atoms with van der Waals surface area (Å²) in [5, 5.41) is 0.689. The van der Waals surface area contributed by atoms with E-state index in [1.165, 1.54) is 11.8 Å². The summed E-state index contributed by atoms with van der Waals surface area (Å²) in [5.74, 6) is 0.686. The average molecular weight is 394 g/mol. The van der Waals surface area contributed by atoms with E-state index in [2.05, 4.69) is 25.4 Å². The summed E-state index contributed by atoms with van der Waals surface area (Å²) in [7, 11) is 0. The van der Waals surface area contributed by atoms with E-state index in [9.17, 15) is 4.79 Å². The SMILES string of the molecule is C=CCSc1nc2cc3c(nc2c(=O)n1Cc1ccccc1)COC(C)(C)C3. The van der Waals surface area contributed by atoms with E-state index in [1.54, 1.807) is 4.57 Å². The summed E-state index contributed by atoms with van der Waals surface area (Å²) in [6, 6.07) is 11.9. The van der Waals surface area contributed by atoms with Gasteiger partial charge in [0, 0.05) is 12.2 Å². The molecule has 0 amide bonds. The van der Waals surface area contributed by atoms with Gasteiger partial charge in [0.05, 0.1) is 30.0 Å². The number of pyridine rings is 1. The number of aromatic nitrogens is 3. The molecule has 0 saturated heterocycles. The van der Waals surface area contributed by atoms with Crippen LogP contribution in [0.4, 0.5) is 0 Å². The first-order valence-corrected chi connectivity index (χ1v) is 10.3. The van der Waals surface area contributed by atoms with Crippen molar-refractivity contribution in [3.05, 3.63) is 76.2 Å². The Kier molecular flexibility index (Phi) is 5.08. The van der Waals surface area contributed by atoms with Crippen molar-refractivity contribution in [3.8, 4) is 0 Å². The Hall–Kier alpha value is -2.44. The highest BCUT2D eigenvalue weighted by atomic mass is 32.2. The van der Waals surface area contributed by atoms with Gasteiger partial charge in [-0.25, -0.2) is 9.97 Å². The lowest BCUT2D eigenvalue weighted by Gasteiger charge is -2.31. The van der Waals surface area contributed by atoms with E-state index in [-0.39, 0.29) is 11.2 Å². The Balaban J connectivity index is 1.86. The Morgan fingerprint density at radius 3 is 2.82 bits per heavy atom. The summed E-state index contributed by atoms with van der Waals surface area (Å²) >= 11 is 1.51. The highest BCUT2D eigenvalue weighted by Gasteiger charge is 2.28. The molecule has 0 radical (unpaired) electrons. The zero-order valence-corrected chi connectivity index (χ0v) is 17.0. The molecule has 0 N–H and O–H groups in total. The molecule has 1 aromatic carbocycles. The number of hydrogen-bond acceptors (Lipinski definition) is 5. The maximum Gasteiger partial charge on any atom is 0.281 e. The quantitative estimate of drug-likeness (QED) is 0.373. The van der Waals surface area contributed by atoms with Gasteiger partial charge in [0.25, 0.3) is 5.56 Å². The van der Waals surface area contributed by atoms with E-state index >= 15 is 0 Å². The fourth-order valence-electron chi connectivity index (χ4n) is 3.40. The van der Waals surface area contributed by atoms with Crippen molar-refractivity contribution in [2.45, 2.75) is 44.2 Å². The van der Waals surface area contributed by atoms with Crippen LogP contribution in [-0.2, 0) is 24.3 Å². The smallest absolute Gasteiger partial charge is 0.281 e. The Morgan fingerprint density at radius 2 is 2.07 bits per heavy atom. The van der Waals surface area contributed by atoms with Crippen molar-refractivity contribution in [1.82, 2.24) is 14.5 Å². The molecule has 5 nitrogen and oxygen atoms in total. The van der Waals surface area contributed by atoms with Crippen LogP contribution in [0.1, 0.15) is 30.7 Å². The molecule has 1 aliphatic rings. The van der Waals surface area contributed by atoms with Gasteiger partial charge in [0.2, 0.25) is 0 Å². The third kappa shape index (κ3) is 3.75. The largest absolute Gasteiger partial charge is 0.369 e. The van der Waals surface area contributed by atoms with E-state index in [1.807, 2.05) is 42.5 Å². The number of thioether (sulfide) groups is 1. The minimum absolute atomic E-state index is 0.118. The number of benzene rings is 1. The van der Waals surface area contributed by atoms with E-state index in [0.717, 1.165) is 23.2 Å². The number of fused-ring (bicyclic) bond motifs is 2. The second kappa shape index (κ2) is 7.53. The van der Waals surface area contributed by atoms with Gasteiger partial charge in [0.15, 0.2) is 10.7 Å². The second-order valence-corrected chi connectivity index (χ2v) is 8.55. The summed E-state index contributed by atoms with van der Waals surface area (Å²) < 4.78 is 7.58. The van der Waals surface area contributed by atoms with Crippen molar-refractivity contribution in [2.24, 2.45) is 0 Å². The Labute approximate surface area is 168 Å². The maximum atomic E-state index is 13.3. The molecule has 4 rings (SSSR count). The van der Waals surface area contributed by atoms with Gasteiger partial charge in [-0.1, -0.05) is 48.2 Å². The number of ether oxygens (including phenoxy) is 1. The molecule has 0 unspecified atom stereocenters. The predicted molar refractivity (Wildman–Crippen MR) is 113 cm³/mol. The summed E-state index contributed by atoms with van der Waals surface area (Å²) in [4.78, 5) is 22.8. The number of nitrogens with zero attached hydrogens (tertiary/aromatic N) is 3. The number of rotatable bonds is 5. The zero-order chi connectivity index (χ0) is 19.7. The molecule has 0 saturated carbocycles. The lowest BCUT2D eigenvalue weighted by molar-refractivity contribution is -0.0418. The van der Waals surface area contributed by atoms with Gasteiger partial charge < -0.3 is 4.74 Å². The van der Waals surface area contributed by atoms with E-state index in [4.69, 9.17) is 9.72 Å². The summed E-state index contributed by atoms with van der Waals surface area (Å²) in [6.45, 7) is 8.80. The van der Waals surface area contributed by atoms with Crippen molar-refractivity contribution in [3.63, 3.8) is 0 Å². The van der Waals surface area contributed by atoms with Crippen molar-refractivity contribution in [2.75, 3.05) is 5.75 Å². The van der Waals surface area contributed by atoms with Crippen molar-refractivity contribution in [1.29, 1.82) is 0 Å². The fourth-order valence-corrected chi connectivity index (χ4v) is 4.14. The first-order valence-electron chi connectivity index (χ1n) is 9.32.